The van der Waals surface area contributed by atoms with Crippen LogP contribution in [0.3, 0.4) is 0 Å². The van der Waals surface area contributed by atoms with E-state index in [2.05, 4.69) is 10.6 Å². The maximum atomic E-state index is 12.7. The van der Waals surface area contributed by atoms with E-state index in [0.717, 1.165) is 42.5 Å². The number of ether oxygens (including phenoxy) is 2. The zero-order chi connectivity index (χ0) is 20.8. The predicted octanol–water partition coefficient (Wildman–Crippen LogP) is 4.58. The zero-order valence-corrected chi connectivity index (χ0v) is 18.1. The van der Waals surface area contributed by atoms with Crippen molar-refractivity contribution in [3.05, 3.63) is 40.3 Å². The van der Waals surface area contributed by atoms with Gasteiger partial charge in [-0.1, -0.05) is 30.8 Å². The van der Waals surface area contributed by atoms with Crippen LogP contribution >= 0.6 is 23.6 Å². The first-order chi connectivity index (χ1) is 14.0. The Bertz CT molecular complexity index is 923. The zero-order valence-electron chi connectivity index (χ0n) is 16.5. The monoisotopic (exact) mass is 432 g/mol. The van der Waals surface area contributed by atoms with Gasteiger partial charge in [-0.05, 0) is 50.3 Å². The minimum Gasteiger partial charge on any atom is -0.495 e. The number of aryl methyl sites for hydroxylation is 1. The molecule has 0 radical (unpaired) electrons. The summed E-state index contributed by atoms with van der Waals surface area (Å²) in [7, 11) is 1.55. The van der Waals surface area contributed by atoms with Crippen LogP contribution in [0.2, 0.25) is 0 Å². The lowest BCUT2D eigenvalue weighted by Gasteiger charge is -2.12. The minimum absolute atomic E-state index is 0.00657. The Morgan fingerprint density at radius 1 is 1.14 bits per heavy atom. The van der Waals surface area contributed by atoms with Crippen LogP contribution in [-0.2, 0) is 22.4 Å². The summed E-state index contributed by atoms with van der Waals surface area (Å²) in [6.07, 6.45) is 4.97. The van der Waals surface area contributed by atoms with Gasteiger partial charge in [0.15, 0.2) is 4.99 Å². The van der Waals surface area contributed by atoms with Gasteiger partial charge >= 0.3 is 5.97 Å². The fourth-order valence-corrected chi connectivity index (χ4v) is 4.77. The molecular weight excluding hydrogens is 408 g/mol. The summed E-state index contributed by atoms with van der Waals surface area (Å²) in [5, 5.41) is 6.23. The number of fused-ring (bicyclic) bond motifs is 1. The van der Waals surface area contributed by atoms with E-state index in [0.29, 0.717) is 22.0 Å². The maximum Gasteiger partial charge on any atom is 0.341 e. The third-order valence-corrected chi connectivity index (χ3v) is 6.18. The molecule has 0 saturated carbocycles. The number of carbonyl (C=O) groups excluding carboxylic acids is 2. The van der Waals surface area contributed by atoms with Gasteiger partial charge in [0.2, 0.25) is 0 Å². The maximum absolute atomic E-state index is 12.7. The second-order valence-electron chi connectivity index (χ2n) is 6.60. The lowest BCUT2D eigenvalue weighted by atomic mass is 10.1. The van der Waals surface area contributed by atoms with Crippen LogP contribution in [0, 0.1) is 0 Å². The standard InChI is InChI=1S/C21H24N2O4S2/c1-3-27-21(25)17-13-9-5-4-6-12-16(13)29-20(17)23-18(24)19(28)22-14-10-7-8-11-15(14)26-2/h7-8,10-11H,3-6,9,12H2,1-2H3,(H,22,28)(H,23,24). The topological polar surface area (TPSA) is 76.7 Å². The van der Waals surface area contributed by atoms with E-state index in [-0.39, 0.29) is 11.6 Å². The Kier molecular flexibility index (Phi) is 7.22. The highest BCUT2D eigenvalue weighted by atomic mass is 32.1. The molecular formula is C21H24N2O4S2. The van der Waals surface area contributed by atoms with E-state index in [1.165, 1.54) is 11.3 Å². The number of carbonyl (C=O) groups is 2. The van der Waals surface area contributed by atoms with Crippen LogP contribution in [0.15, 0.2) is 24.3 Å². The normalized spacial score (nSPS) is 13.0. The number of hydrogen-bond acceptors (Lipinski definition) is 6. The summed E-state index contributed by atoms with van der Waals surface area (Å²) < 4.78 is 10.5. The molecule has 0 fully saturated rings. The van der Waals surface area contributed by atoms with Crippen LogP contribution in [0.1, 0.15) is 47.0 Å². The van der Waals surface area contributed by atoms with Crippen LogP contribution in [0.4, 0.5) is 10.7 Å². The molecule has 6 nitrogen and oxygen atoms in total. The molecule has 0 aliphatic heterocycles. The highest BCUT2D eigenvalue weighted by Gasteiger charge is 2.27. The molecule has 29 heavy (non-hydrogen) atoms. The fraction of sp³-hybridized carbons (Fsp3) is 0.381. The van der Waals surface area contributed by atoms with Gasteiger partial charge < -0.3 is 20.1 Å². The van der Waals surface area contributed by atoms with E-state index in [4.69, 9.17) is 21.7 Å². The second-order valence-corrected chi connectivity index (χ2v) is 8.11. The molecule has 0 spiro atoms. The molecule has 1 amide bonds. The average molecular weight is 433 g/mol. The number of anilines is 2. The van der Waals surface area contributed by atoms with Gasteiger partial charge in [0, 0.05) is 4.88 Å². The van der Waals surface area contributed by atoms with E-state index < -0.39 is 11.9 Å². The summed E-state index contributed by atoms with van der Waals surface area (Å²) in [6, 6.07) is 7.20. The predicted molar refractivity (Wildman–Crippen MR) is 119 cm³/mol. The first-order valence-corrected chi connectivity index (χ1v) is 10.8. The number of amides is 1. The Balaban J connectivity index is 1.82. The number of thiophene rings is 1. The van der Waals surface area contributed by atoms with Crippen molar-refractivity contribution in [1.82, 2.24) is 0 Å². The summed E-state index contributed by atoms with van der Waals surface area (Å²) in [4.78, 5) is 26.5. The second kappa shape index (κ2) is 9.84. The Labute approximate surface area is 179 Å². The van der Waals surface area contributed by atoms with E-state index in [1.807, 2.05) is 12.1 Å². The quantitative estimate of drug-likeness (QED) is 0.409. The molecule has 1 aliphatic carbocycles. The van der Waals surface area contributed by atoms with Gasteiger partial charge in [-0.25, -0.2) is 4.79 Å². The number of rotatable bonds is 5. The van der Waals surface area contributed by atoms with Gasteiger partial charge in [0.1, 0.15) is 10.8 Å². The average Bonchev–Trinajstić information content (AvgIpc) is 2.89. The van der Waals surface area contributed by atoms with Crippen molar-refractivity contribution in [3.8, 4) is 5.75 Å². The minimum atomic E-state index is -0.479. The molecule has 0 bridgehead atoms. The lowest BCUT2D eigenvalue weighted by Crippen LogP contribution is -2.28. The smallest absolute Gasteiger partial charge is 0.341 e. The Morgan fingerprint density at radius 3 is 2.66 bits per heavy atom. The molecule has 0 atom stereocenters. The third kappa shape index (κ3) is 4.94. The van der Waals surface area contributed by atoms with E-state index in [9.17, 15) is 9.59 Å². The molecule has 8 heteroatoms. The number of benzene rings is 1. The molecule has 2 aromatic rings. The molecule has 0 saturated heterocycles. The lowest BCUT2D eigenvalue weighted by molar-refractivity contribution is -0.110. The number of hydrogen-bond donors (Lipinski definition) is 2. The van der Waals surface area contributed by atoms with Crippen LogP contribution in [0.5, 0.6) is 5.75 Å². The SMILES string of the molecule is CCOC(=O)c1c(NC(=O)C(=S)Nc2ccccc2OC)sc2c1CCCCC2. The molecule has 2 N–H and O–H groups in total. The largest absolute Gasteiger partial charge is 0.495 e. The van der Waals surface area contributed by atoms with E-state index in [1.54, 1.807) is 26.2 Å². The van der Waals surface area contributed by atoms with Gasteiger partial charge in [0.25, 0.3) is 5.91 Å². The molecule has 1 aromatic heterocycles. The van der Waals surface area contributed by atoms with Crippen LogP contribution in [-0.4, -0.2) is 30.6 Å². The molecule has 154 valence electrons. The van der Waals surface area contributed by atoms with Crippen LogP contribution in [0.25, 0.3) is 0 Å². The molecule has 3 rings (SSSR count). The highest BCUT2D eigenvalue weighted by molar-refractivity contribution is 7.82. The number of para-hydroxylation sites is 2. The van der Waals surface area contributed by atoms with Crippen LogP contribution < -0.4 is 15.4 Å². The molecule has 0 unspecified atom stereocenters. The summed E-state index contributed by atoms with van der Waals surface area (Å²) in [5.41, 5.74) is 2.08. The van der Waals surface area contributed by atoms with Crippen molar-refractivity contribution < 1.29 is 19.1 Å². The van der Waals surface area contributed by atoms with E-state index >= 15 is 0 Å². The first-order valence-electron chi connectivity index (χ1n) is 9.62. The van der Waals surface area contributed by atoms with Gasteiger partial charge in [-0.15, -0.1) is 11.3 Å². The highest BCUT2D eigenvalue weighted by Crippen LogP contribution is 2.38. The van der Waals surface area contributed by atoms with Crippen molar-refractivity contribution >= 4 is 51.1 Å². The number of thiocarbonyl (C=S) groups is 1. The molecule has 1 heterocycles. The van der Waals surface area contributed by atoms with Crippen molar-refractivity contribution in [1.29, 1.82) is 0 Å². The number of methoxy groups -OCH3 is 1. The van der Waals surface area contributed by atoms with Crippen molar-refractivity contribution in [3.63, 3.8) is 0 Å². The first kappa shape index (κ1) is 21.3. The van der Waals surface area contributed by atoms with Gasteiger partial charge in [0.05, 0.1) is 25.0 Å². The molecule has 1 aromatic carbocycles. The van der Waals surface area contributed by atoms with Gasteiger partial charge in [-0.3, -0.25) is 4.79 Å². The summed E-state index contributed by atoms with van der Waals surface area (Å²) >= 11 is 6.71. The number of esters is 1. The third-order valence-electron chi connectivity index (χ3n) is 4.69. The Morgan fingerprint density at radius 2 is 1.90 bits per heavy atom. The fourth-order valence-electron chi connectivity index (χ4n) is 3.34. The number of nitrogens with one attached hydrogen (secondary N) is 2. The summed E-state index contributed by atoms with van der Waals surface area (Å²) in [6.45, 7) is 2.05. The van der Waals surface area contributed by atoms with Crippen molar-refractivity contribution in [2.24, 2.45) is 0 Å². The van der Waals surface area contributed by atoms with Gasteiger partial charge in [-0.2, -0.15) is 0 Å². The van der Waals surface area contributed by atoms with Crippen molar-refractivity contribution in [2.45, 2.75) is 39.0 Å². The molecule has 1 aliphatic rings. The Hall–Kier alpha value is -2.45. The summed E-state index contributed by atoms with van der Waals surface area (Å²) in [5.74, 6) is -0.295. The van der Waals surface area contributed by atoms with Crippen molar-refractivity contribution in [2.75, 3.05) is 24.4 Å².